The summed E-state index contributed by atoms with van der Waals surface area (Å²) in [5.74, 6) is 2.01. The second-order valence-electron chi connectivity index (χ2n) is 4.52. The Bertz CT molecular complexity index is 517. The number of nitrogens with one attached hydrogen (secondary N) is 2. The van der Waals surface area contributed by atoms with Crippen molar-refractivity contribution in [2.24, 2.45) is 5.92 Å². The maximum atomic E-state index is 9.43. The molecule has 88 valence electrons. The first-order valence-electron chi connectivity index (χ1n) is 5.85. The Labute approximate surface area is 99.7 Å². The fraction of sp³-hybridized carbons (Fsp3) is 0.308. The highest BCUT2D eigenvalue weighted by Crippen LogP contribution is 2.22. The summed E-state index contributed by atoms with van der Waals surface area (Å²) in [4.78, 5) is 7.68. The first-order valence-corrected chi connectivity index (χ1v) is 5.85. The number of phenolic OH excluding ortho intramolecular Hbond substituents is 1. The summed E-state index contributed by atoms with van der Waals surface area (Å²) in [6, 6.07) is 7.20. The summed E-state index contributed by atoms with van der Waals surface area (Å²) in [6.07, 6.45) is 2.82. The number of phenols is 1. The molecule has 0 atom stereocenters. The van der Waals surface area contributed by atoms with E-state index in [9.17, 15) is 5.11 Å². The summed E-state index contributed by atoms with van der Waals surface area (Å²) >= 11 is 0. The van der Waals surface area contributed by atoms with Crippen LogP contribution < -0.4 is 5.32 Å². The van der Waals surface area contributed by atoms with Crippen LogP contribution in [0.5, 0.6) is 5.75 Å². The standard InChI is InChI=1S/C13H15N3O/c17-11-3-1-2-10(5-11)12-8-15-13(16-12)4-9-6-14-7-9/h1-3,5,8-9,14,17H,4,6-7H2,(H,15,16). The van der Waals surface area contributed by atoms with Gasteiger partial charge in [-0.15, -0.1) is 0 Å². The van der Waals surface area contributed by atoms with Crippen LogP contribution >= 0.6 is 0 Å². The normalized spacial score (nSPS) is 15.8. The Morgan fingerprint density at radius 2 is 2.24 bits per heavy atom. The Hall–Kier alpha value is -1.81. The molecule has 3 rings (SSSR count). The number of benzene rings is 1. The maximum Gasteiger partial charge on any atom is 0.116 e. The minimum atomic E-state index is 0.279. The molecule has 1 aliphatic heterocycles. The molecular weight excluding hydrogens is 214 g/mol. The van der Waals surface area contributed by atoms with Crippen LogP contribution in [-0.4, -0.2) is 28.2 Å². The third kappa shape index (κ3) is 2.17. The quantitative estimate of drug-likeness (QED) is 0.748. The Balaban J connectivity index is 1.79. The average Bonchev–Trinajstić information content (AvgIpc) is 2.72. The van der Waals surface area contributed by atoms with Crippen LogP contribution in [0.4, 0.5) is 0 Å². The van der Waals surface area contributed by atoms with Gasteiger partial charge in [0.05, 0.1) is 11.9 Å². The molecule has 2 heterocycles. The number of aromatic nitrogens is 2. The summed E-state index contributed by atoms with van der Waals surface area (Å²) in [5.41, 5.74) is 1.93. The molecule has 1 aromatic carbocycles. The van der Waals surface area contributed by atoms with E-state index in [0.29, 0.717) is 5.92 Å². The van der Waals surface area contributed by atoms with Crippen LogP contribution in [0.15, 0.2) is 30.5 Å². The molecule has 0 radical (unpaired) electrons. The second-order valence-corrected chi connectivity index (χ2v) is 4.52. The van der Waals surface area contributed by atoms with Crippen LogP contribution in [0.1, 0.15) is 5.82 Å². The van der Waals surface area contributed by atoms with Crippen LogP contribution in [0.3, 0.4) is 0 Å². The van der Waals surface area contributed by atoms with Gasteiger partial charge in [0.2, 0.25) is 0 Å². The van der Waals surface area contributed by atoms with Crippen molar-refractivity contribution in [1.82, 2.24) is 15.3 Å². The summed E-state index contributed by atoms with van der Waals surface area (Å²) in [6.45, 7) is 2.17. The molecule has 0 aliphatic carbocycles. The number of nitrogens with zero attached hydrogens (tertiary/aromatic N) is 1. The van der Waals surface area contributed by atoms with Gasteiger partial charge in [0.25, 0.3) is 0 Å². The lowest BCUT2D eigenvalue weighted by Crippen LogP contribution is -2.43. The number of hydrogen-bond acceptors (Lipinski definition) is 3. The number of hydrogen-bond donors (Lipinski definition) is 3. The van der Waals surface area contributed by atoms with Crippen molar-refractivity contribution in [3.8, 4) is 17.0 Å². The number of aromatic amines is 1. The lowest BCUT2D eigenvalue weighted by molar-refractivity contribution is 0.342. The number of imidazole rings is 1. The van der Waals surface area contributed by atoms with Crippen molar-refractivity contribution in [1.29, 1.82) is 0 Å². The van der Waals surface area contributed by atoms with Gasteiger partial charge in [0, 0.05) is 12.0 Å². The van der Waals surface area contributed by atoms with E-state index in [-0.39, 0.29) is 5.75 Å². The Kier molecular flexibility index (Phi) is 2.57. The smallest absolute Gasteiger partial charge is 0.116 e. The fourth-order valence-electron chi connectivity index (χ4n) is 2.05. The zero-order valence-corrected chi connectivity index (χ0v) is 9.48. The minimum Gasteiger partial charge on any atom is -0.508 e. The summed E-state index contributed by atoms with van der Waals surface area (Å²) < 4.78 is 0. The predicted octanol–water partition coefficient (Wildman–Crippen LogP) is 1.54. The van der Waals surface area contributed by atoms with Crippen molar-refractivity contribution in [3.05, 3.63) is 36.3 Å². The van der Waals surface area contributed by atoms with Crippen LogP contribution in [-0.2, 0) is 6.42 Å². The molecule has 1 aliphatic rings. The first-order chi connectivity index (χ1) is 8.31. The van der Waals surface area contributed by atoms with Crippen molar-refractivity contribution in [2.75, 3.05) is 13.1 Å². The van der Waals surface area contributed by atoms with Gasteiger partial charge in [0.1, 0.15) is 11.6 Å². The zero-order chi connectivity index (χ0) is 11.7. The molecule has 2 aromatic rings. The highest BCUT2D eigenvalue weighted by atomic mass is 16.3. The van der Waals surface area contributed by atoms with E-state index in [1.165, 1.54) is 0 Å². The monoisotopic (exact) mass is 229 g/mol. The van der Waals surface area contributed by atoms with Crippen LogP contribution in [0.2, 0.25) is 0 Å². The molecular formula is C13H15N3O. The molecule has 0 amide bonds. The maximum absolute atomic E-state index is 9.43. The third-order valence-electron chi connectivity index (χ3n) is 3.13. The Morgan fingerprint density at radius 3 is 2.94 bits per heavy atom. The van der Waals surface area contributed by atoms with Gasteiger partial charge in [-0.05, 0) is 31.1 Å². The molecule has 0 bridgehead atoms. The highest BCUT2D eigenvalue weighted by molar-refractivity contribution is 5.60. The van der Waals surface area contributed by atoms with Crippen LogP contribution in [0, 0.1) is 5.92 Å². The predicted molar refractivity (Wildman–Crippen MR) is 65.8 cm³/mol. The SMILES string of the molecule is Oc1cccc(-c2cnc(CC3CNC3)[nH]2)c1. The number of aromatic hydroxyl groups is 1. The molecule has 0 spiro atoms. The van der Waals surface area contributed by atoms with Crippen molar-refractivity contribution in [3.63, 3.8) is 0 Å². The molecule has 17 heavy (non-hydrogen) atoms. The van der Waals surface area contributed by atoms with Gasteiger partial charge in [0.15, 0.2) is 0 Å². The molecule has 1 saturated heterocycles. The zero-order valence-electron chi connectivity index (χ0n) is 9.48. The van der Waals surface area contributed by atoms with Gasteiger partial charge in [-0.3, -0.25) is 0 Å². The van der Waals surface area contributed by atoms with E-state index in [4.69, 9.17) is 0 Å². The fourth-order valence-corrected chi connectivity index (χ4v) is 2.05. The van der Waals surface area contributed by atoms with E-state index < -0.39 is 0 Å². The highest BCUT2D eigenvalue weighted by Gasteiger charge is 2.18. The van der Waals surface area contributed by atoms with E-state index in [2.05, 4.69) is 15.3 Å². The Morgan fingerprint density at radius 1 is 1.35 bits per heavy atom. The molecule has 1 aromatic heterocycles. The minimum absolute atomic E-state index is 0.279. The molecule has 4 nitrogen and oxygen atoms in total. The van der Waals surface area contributed by atoms with E-state index >= 15 is 0 Å². The molecule has 4 heteroatoms. The average molecular weight is 229 g/mol. The molecule has 1 fully saturated rings. The second kappa shape index (κ2) is 4.22. The van der Waals surface area contributed by atoms with Gasteiger partial charge in [-0.25, -0.2) is 4.98 Å². The topological polar surface area (TPSA) is 60.9 Å². The lowest BCUT2D eigenvalue weighted by Gasteiger charge is -2.25. The molecule has 0 saturated carbocycles. The summed E-state index contributed by atoms with van der Waals surface area (Å²) in [5, 5.41) is 12.7. The van der Waals surface area contributed by atoms with Gasteiger partial charge in [-0.1, -0.05) is 12.1 Å². The van der Waals surface area contributed by atoms with E-state index in [0.717, 1.165) is 36.6 Å². The van der Waals surface area contributed by atoms with Gasteiger partial charge < -0.3 is 15.4 Å². The van der Waals surface area contributed by atoms with Crippen molar-refractivity contribution < 1.29 is 5.11 Å². The third-order valence-corrected chi connectivity index (χ3v) is 3.13. The summed E-state index contributed by atoms with van der Waals surface area (Å²) in [7, 11) is 0. The lowest BCUT2D eigenvalue weighted by atomic mass is 9.99. The molecule has 0 unspecified atom stereocenters. The largest absolute Gasteiger partial charge is 0.508 e. The van der Waals surface area contributed by atoms with Crippen molar-refractivity contribution in [2.45, 2.75) is 6.42 Å². The van der Waals surface area contributed by atoms with Crippen LogP contribution in [0.25, 0.3) is 11.3 Å². The molecule has 3 N–H and O–H groups in total. The first kappa shape index (κ1) is 10.4. The van der Waals surface area contributed by atoms with Gasteiger partial charge in [-0.2, -0.15) is 0 Å². The number of rotatable bonds is 3. The van der Waals surface area contributed by atoms with Crippen molar-refractivity contribution >= 4 is 0 Å². The van der Waals surface area contributed by atoms with E-state index in [1.54, 1.807) is 12.1 Å². The number of H-pyrrole nitrogens is 1. The van der Waals surface area contributed by atoms with E-state index in [1.807, 2.05) is 18.3 Å². The van der Waals surface area contributed by atoms with Gasteiger partial charge >= 0.3 is 0 Å².